The Kier molecular flexibility index (Phi) is 5.12. The van der Waals surface area contributed by atoms with Crippen LogP contribution in [0.25, 0.3) is 11.5 Å². The molecule has 1 atom stereocenters. The maximum atomic E-state index is 13.3. The highest BCUT2D eigenvalue weighted by atomic mass is 35.5. The number of aromatic nitrogens is 1. The Labute approximate surface area is 179 Å². The minimum atomic E-state index is -1.11. The first-order valence-electron chi connectivity index (χ1n) is 9.76. The normalized spacial score (nSPS) is 18.7. The van der Waals surface area contributed by atoms with Crippen molar-refractivity contribution in [3.8, 4) is 11.5 Å². The van der Waals surface area contributed by atoms with Crippen LogP contribution in [-0.4, -0.2) is 21.8 Å². The third-order valence-electron chi connectivity index (χ3n) is 5.53. The molecule has 3 aromatic rings. The molecule has 0 aliphatic carbocycles. The molecule has 0 unspecified atom stereocenters. The van der Waals surface area contributed by atoms with E-state index in [-0.39, 0.29) is 12.5 Å². The zero-order valence-corrected chi connectivity index (χ0v) is 17.8. The maximum Gasteiger partial charge on any atom is 0.325 e. The van der Waals surface area contributed by atoms with Crippen molar-refractivity contribution in [2.75, 3.05) is 0 Å². The van der Waals surface area contributed by atoms with Gasteiger partial charge in [0.15, 0.2) is 0 Å². The fourth-order valence-corrected chi connectivity index (χ4v) is 3.99. The van der Waals surface area contributed by atoms with Gasteiger partial charge < -0.3 is 9.73 Å². The molecule has 2 aromatic carbocycles. The number of amides is 3. The van der Waals surface area contributed by atoms with Crippen LogP contribution in [0.1, 0.15) is 35.7 Å². The number of imide groups is 1. The van der Waals surface area contributed by atoms with Crippen molar-refractivity contribution in [1.29, 1.82) is 0 Å². The quantitative estimate of drug-likeness (QED) is 0.588. The van der Waals surface area contributed by atoms with E-state index in [0.717, 1.165) is 16.7 Å². The first kappa shape index (κ1) is 20.2. The Morgan fingerprint density at radius 3 is 2.53 bits per heavy atom. The third-order valence-corrected chi connectivity index (χ3v) is 5.78. The number of halogens is 1. The summed E-state index contributed by atoms with van der Waals surface area (Å²) >= 11 is 5.98. The highest BCUT2D eigenvalue weighted by Crippen LogP contribution is 2.34. The molecule has 1 saturated heterocycles. The molecule has 1 aliphatic rings. The highest BCUT2D eigenvalue weighted by molar-refractivity contribution is 6.30. The van der Waals surface area contributed by atoms with Gasteiger partial charge in [0.2, 0.25) is 5.89 Å². The second-order valence-electron chi connectivity index (χ2n) is 7.55. The molecule has 154 valence electrons. The second-order valence-corrected chi connectivity index (χ2v) is 7.99. The number of oxazole rings is 1. The monoisotopic (exact) mass is 423 g/mol. The summed E-state index contributed by atoms with van der Waals surface area (Å²) in [5.74, 6) is 0.155. The van der Waals surface area contributed by atoms with Gasteiger partial charge in [0, 0.05) is 10.6 Å². The first-order chi connectivity index (χ1) is 14.3. The highest BCUT2D eigenvalue weighted by Gasteiger charge is 2.51. The number of hydrogen-bond acceptors (Lipinski definition) is 4. The number of aryl methyl sites for hydroxylation is 2. The molecular formula is C23H22ClN3O3. The smallest absolute Gasteiger partial charge is 0.325 e. The van der Waals surface area contributed by atoms with Crippen LogP contribution in [0.4, 0.5) is 4.79 Å². The molecule has 0 saturated carbocycles. The van der Waals surface area contributed by atoms with Crippen LogP contribution in [0, 0.1) is 13.8 Å². The summed E-state index contributed by atoms with van der Waals surface area (Å²) in [7, 11) is 0. The van der Waals surface area contributed by atoms with E-state index >= 15 is 0 Å². The number of carbonyl (C=O) groups is 2. The summed E-state index contributed by atoms with van der Waals surface area (Å²) in [6, 6.07) is 12.5. The summed E-state index contributed by atoms with van der Waals surface area (Å²) in [4.78, 5) is 31.6. The number of nitrogens with one attached hydrogen (secondary N) is 1. The molecule has 30 heavy (non-hydrogen) atoms. The molecule has 1 N–H and O–H groups in total. The standard InChI is InChI=1S/C23H22ClN3O3/c1-4-23(16-6-8-17(24)9-7-16)21(28)27(22(29)26-23)12-18-13-30-20(25-18)19-10-5-14(2)11-15(19)3/h5-11,13H,4,12H2,1-3H3,(H,26,29)/t23-/m0/s1. The van der Waals surface area contributed by atoms with Gasteiger partial charge in [-0.3, -0.25) is 9.69 Å². The Balaban J connectivity index is 1.60. The number of benzene rings is 2. The third kappa shape index (κ3) is 3.37. The number of hydrogen-bond donors (Lipinski definition) is 1. The van der Waals surface area contributed by atoms with E-state index in [0.29, 0.717) is 28.6 Å². The van der Waals surface area contributed by atoms with Crippen molar-refractivity contribution in [2.45, 2.75) is 39.3 Å². The molecule has 4 rings (SSSR count). The topological polar surface area (TPSA) is 75.4 Å². The Morgan fingerprint density at radius 1 is 1.13 bits per heavy atom. The zero-order chi connectivity index (χ0) is 21.5. The zero-order valence-electron chi connectivity index (χ0n) is 17.0. The molecule has 0 radical (unpaired) electrons. The number of urea groups is 1. The Hall–Kier alpha value is -3.12. The van der Waals surface area contributed by atoms with Crippen LogP contribution >= 0.6 is 11.6 Å². The lowest BCUT2D eigenvalue weighted by atomic mass is 9.87. The largest absolute Gasteiger partial charge is 0.444 e. The van der Waals surface area contributed by atoms with Gasteiger partial charge in [0.05, 0.1) is 12.2 Å². The summed E-state index contributed by atoms with van der Waals surface area (Å²) < 4.78 is 5.63. The van der Waals surface area contributed by atoms with Gasteiger partial charge in [0.25, 0.3) is 5.91 Å². The molecule has 1 fully saturated rings. The summed E-state index contributed by atoms with van der Waals surface area (Å²) in [5.41, 5.74) is 3.18. The second kappa shape index (κ2) is 7.61. The van der Waals surface area contributed by atoms with Crippen LogP contribution in [0.2, 0.25) is 5.02 Å². The van der Waals surface area contributed by atoms with Crippen molar-refractivity contribution in [2.24, 2.45) is 0 Å². The van der Waals surface area contributed by atoms with Crippen LogP contribution in [0.15, 0.2) is 53.1 Å². The van der Waals surface area contributed by atoms with Crippen LogP contribution in [0.5, 0.6) is 0 Å². The van der Waals surface area contributed by atoms with Crippen molar-refractivity contribution in [1.82, 2.24) is 15.2 Å². The predicted octanol–water partition coefficient (Wildman–Crippen LogP) is 4.97. The van der Waals surface area contributed by atoms with Gasteiger partial charge >= 0.3 is 6.03 Å². The van der Waals surface area contributed by atoms with E-state index < -0.39 is 11.6 Å². The fourth-order valence-electron chi connectivity index (χ4n) is 3.86. The fraction of sp³-hybridized carbons (Fsp3) is 0.261. The molecule has 7 heteroatoms. The van der Waals surface area contributed by atoms with Gasteiger partial charge in [-0.15, -0.1) is 0 Å². The average molecular weight is 424 g/mol. The van der Waals surface area contributed by atoms with E-state index in [4.69, 9.17) is 16.0 Å². The van der Waals surface area contributed by atoms with Gasteiger partial charge in [0.1, 0.15) is 11.8 Å². The molecule has 6 nitrogen and oxygen atoms in total. The van der Waals surface area contributed by atoms with Crippen LogP contribution in [-0.2, 0) is 16.9 Å². The number of nitrogens with zero attached hydrogens (tertiary/aromatic N) is 2. The van der Waals surface area contributed by atoms with Gasteiger partial charge in [-0.25, -0.2) is 9.78 Å². The van der Waals surface area contributed by atoms with Crippen molar-refractivity contribution >= 4 is 23.5 Å². The number of rotatable bonds is 5. The van der Waals surface area contributed by atoms with E-state index in [9.17, 15) is 9.59 Å². The van der Waals surface area contributed by atoms with Crippen LogP contribution < -0.4 is 5.32 Å². The molecule has 1 aliphatic heterocycles. The summed E-state index contributed by atoms with van der Waals surface area (Å²) in [5, 5.41) is 3.43. The molecule has 0 spiro atoms. The summed E-state index contributed by atoms with van der Waals surface area (Å²) in [6.45, 7) is 5.92. The lowest BCUT2D eigenvalue weighted by Gasteiger charge is -2.25. The average Bonchev–Trinajstić information content (AvgIpc) is 3.27. The lowest BCUT2D eigenvalue weighted by Crippen LogP contribution is -2.43. The van der Waals surface area contributed by atoms with Crippen molar-refractivity contribution in [3.63, 3.8) is 0 Å². The molecule has 1 aromatic heterocycles. The Bertz CT molecular complexity index is 1120. The lowest BCUT2D eigenvalue weighted by molar-refractivity contribution is -0.132. The molecule has 0 bridgehead atoms. The van der Waals surface area contributed by atoms with Crippen LogP contribution in [0.3, 0.4) is 0 Å². The van der Waals surface area contributed by atoms with Gasteiger partial charge in [-0.05, 0) is 49.6 Å². The maximum absolute atomic E-state index is 13.3. The molecule has 2 heterocycles. The SMILES string of the molecule is CC[C@@]1(c2ccc(Cl)cc2)NC(=O)N(Cc2coc(-c3ccc(C)cc3C)n2)C1=O. The molecular weight excluding hydrogens is 402 g/mol. The van der Waals surface area contributed by atoms with E-state index in [2.05, 4.69) is 16.4 Å². The Morgan fingerprint density at radius 2 is 1.87 bits per heavy atom. The van der Waals surface area contributed by atoms with E-state index in [1.165, 1.54) is 11.2 Å². The van der Waals surface area contributed by atoms with E-state index in [1.54, 1.807) is 24.3 Å². The summed E-state index contributed by atoms with van der Waals surface area (Å²) in [6.07, 6.45) is 1.91. The van der Waals surface area contributed by atoms with Crippen molar-refractivity contribution in [3.05, 3.63) is 76.1 Å². The predicted molar refractivity (Wildman–Crippen MR) is 114 cm³/mol. The van der Waals surface area contributed by atoms with E-state index in [1.807, 2.05) is 32.9 Å². The van der Waals surface area contributed by atoms with Gasteiger partial charge in [-0.1, -0.05) is 48.4 Å². The van der Waals surface area contributed by atoms with Gasteiger partial charge in [-0.2, -0.15) is 0 Å². The number of carbonyl (C=O) groups excluding carboxylic acids is 2. The first-order valence-corrected chi connectivity index (χ1v) is 10.1. The minimum absolute atomic E-state index is 0.0361. The van der Waals surface area contributed by atoms with Crippen molar-refractivity contribution < 1.29 is 14.0 Å². The molecule has 3 amide bonds. The minimum Gasteiger partial charge on any atom is -0.444 e.